The van der Waals surface area contributed by atoms with Crippen LogP contribution in [0.4, 0.5) is 4.39 Å². The number of alkyl halides is 1. The summed E-state index contributed by atoms with van der Waals surface area (Å²) in [6, 6.07) is 0. The predicted octanol–water partition coefficient (Wildman–Crippen LogP) is 6.11. The molecular formula is C23H47FO4. The largest absolute Gasteiger partial charge is 0.379 e. The predicted molar refractivity (Wildman–Crippen MR) is 115 cm³/mol. The van der Waals surface area contributed by atoms with Gasteiger partial charge in [-0.3, -0.25) is 0 Å². The van der Waals surface area contributed by atoms with Crippen LogP contribution in [0, 0.1) is 0 Å². The molecule has 0 saturated heterocycles. The van der Waals surface area contributed by atoms with E-state index < -0.39 is 6.67 Å². The molecule has 0 heterocycles. The second kappa shape index (κ2) is 26.8. The minimum atomic E-state index is -0.442. The lowest BCUT2D eigenvalue weighted by Crippen LogP contribution is -2.12. The number of hydrogen-bond acceptors (Lipinski definition) is 4. The highest BCUT2D eigenvalue weighted by molar-refractivity contribution is 4.49. The highest BCUT2D eigenvalue weighted by atomic mass is 19.1. The van der Waals surface area contributed by atoms with Crippen molar-refractivity contribution in [2.75, 3.05) is 59.5 Å². The van der Waals surface area contributed by atoms with E-state index in [-0.39, 0.29) is 6.61 Å². The monoisotopic (exact) mass is 406 g/mol. The molecule has 0 amide bonds. The Morgan fingerprint density at radius 3 is 1.11 bits per heavy atom. The number of hydrogen-bond donors (Lipinski definition) is 0. The van der Waals surface area contributed by atoms with Crippen molar-refractivity contribution >= 4 is 0 Å². The molecule has 0 aromatic rings. The van der Waals surface area contributed by atoms with Crippen LogP contribution < -0.4 is 0 Å². The molecule has 170 valence electrons. The van der Waals surface area contributed by atoms with Crippen LogP contribution in [0.3, 0.4) is 0 Å². The van der Waals surface area contributed by atoms with E-state index in [1.54, 1.807) is 0 Å². The summed E-state index contributed by atoms with van der Waals surface area (Å²) in [6.45, 7) is 6.10. The lowest BCUT2D eigenvalue weighted by molar-refractivity contribution is -0.00328. The first-order chi connectivity index (χ1) is 13.9. The molecule has 0 saturated carbocycles. The molecule has 5 heteroatoms. The Balaban J connectivity index is 2.96. The third kappa shape index (κ3) is 25.8. The second-order valence-electron chi connectivity index (χ2n) is 7.38. The maximum atomic E-state index is 11.8. The van der Waals surface area contributed by atoms with Crippen LogP contribution in [-0.4, -0.2) is 59.5 Å². The Labute approximate surface area is 173 Å². The standard InChI is InChI=1S/C23H47FO4/c1-2-3-4-5-6-7-8-9-10-11-12-13-14-16-25-18-20-27-22-23-28-21-19-26-17-15-24/h2-23H2,1H3. The average Bonchev–Trinajstić information content (AvgIpc) is 2.71. The van der Waals surface area contributed by atoms with Gasteiger partial charge in [0.1, 0.15) is 6.67 Å². The maximum absolute atomic E-state index is 11.8. The summed E-state index contributed by atoms with van der Waals surface area (Å²) in [6.07, 6.45) is 17.9. The molecular weight excluding hydrogens is 359 g/mol. The zero-order valence-electron chi connectivity index (χ0n) is 18.6. The van der Waals surface area contributed by atoms with Crippen molar-refractivity contribution in [2.24, 2.45) is 0 Å². The van der Waals surface area contributed by atoms with Crippen molar-refractivity contribution < 1.29 is 23.3 Å². The van der Waals surface area contributed by atoms with E-state index in [2.05, 4.69) is 6.92 Å². The minimum absolute atomic E-state index is 0.149. The van der Waals surface area contributed by atoms with Crippen molar-refractivity contribution in [3.05, 3.63) is 0 Å². The SMILES string of the molecule is CCCCCCCCCCCCCCCOCCOCCOCCOCCF. The van der Waals surface area contributed by atoms with Gasteiger partial charge in [0.2, 0.25) is 0 Å². The lowest BCUT2D eigenvalue weighted by Gasteiger charge is -2.07. The van der Waals surface area contributed by atoms with Gasteiger partial charge in [-0.25, -0.2) is 4.39 Å². The van der Waals surface area contributed by atoms with E-state index in [1.807, 2.05) is 0 Å². The fourth-order valence-corrected chi connectivity index (χ4v) is 3.04. The smallest absolute Gasteiger partial charge is 0.113 e. The van der Waals surface area contributed by atoms with Crippen molar-refractivity contribution in [1.29, 1.82) is 0 Å². The molecule has 0 aliphatic carbocycles. The molecule has 0 aromatic heterocycles. The van der Waals surface area contributed by atoms with Gasteiger partial charge in [0.15, 0.2) is 0 Å². The lowest BCUT2D eigenvalue weighted by atomic mass is 10.0. The summed E-state index contributed by atoms with van der Waals surface area (Å²) in [5, 5.41) is 0. The van der Waals surface area contributed by atoms with Crippen molar-refractivity contribution in [1.82, 2.24) is 0 Å². The quantitative estimate of drug-likeness (QED) is 0.171. The summed E-state index contributed by atoms with van der Waals surface area (Å²) in [5.74, 6) is 0. The summed E-state index contributed by atoms with van der Waals surface area (Å²) >= 11 is 0. The molecule has 0 fully saturated rings. The molecule has 0 bridgehead atoms. The van der Waals surface area contributed by atoms with Gasteiger partial charge in [-0.05, 0) is 6.42 Å². The zero-order valence-corrected chi connectivity index (χ0v) is 18.6. The zero-order chi connectivity index (χ0) is 20.4. The van der Waals surface area contributed by atoms with E-state index >= 15 is 0 Å². The summed E-state index contributed by atoms with van der Waals surface area (Å²) < 4.78 is 33.0. The summed E-state index contributed by atoms with van der Waals surface area (Å²) in [5.41, 5.74) is 0. The molecule has 0 aromatic carbocycles. The van der Waals surface area contributed by atoms with Crippen molar-refractivity contribution in [3.8, 4) is 0 Å². The number of ether oxygens (including phenoxy) is 4. The van der Waals surface area contributed by atoms with Gasteiger partial charge in [0, 0.05) is 6.61 Å². The fraction of sp³-hybridized carbons (Fsp3) is 1.00. The van der Waals surface area contributed by atoms with Gasteiger partial charge >= 0.3 is 0 Å². The van der Waals surface area contributed by atoms with Crippen molar-refractivity contribution in [3.63, 3.8) is 0 Å². The van der Waals surface area contributed by atoms with Gasteiger partial charge in [0.05, 0.1) is 46.2 Å². The van der Waals surface area contributed by atoms with Crippen LogP contribution in [-0.2, 0) is 18.9 Å². The molecule has 0 rings (SSSR count). The van der Waals surface area contributed by atoms with Crippen LogP contribution in [0.25, 0.3) is 0 Å². The van der Waals surface area contributed by atoms with Crippen LogP contribution >= 0.6 is 0 Å². The Hall–Kier alpha value is -0.230. The maximum Gasteiger partial charge on any atom is 0.113 e. The third-order valence-corrected chi connectivity index (χ3v) is 4.73. The highest BCUT2D eigenvalue weighted by Gasteiger charge is 1.95. The molecule has 0 spiro atoms. The first kappa shape index (κ1) is 27.8. The van der Waals surface area contributed by atoms with E-state index in [1.165, 1.54) is 77.0 Å². The Bertz CT molecular complexity index is 241. The number of unbranched alkanes of at least 4 members (excludes halogenated alkanes) is 12. The summed E-state index contributed by atoms with van der Waals surface area (Å²) in [7, 11) is 0. The van der Waals surface area contributed by atoms with E-state index in [0.717, 1.165) is 13.0 Å². The molecule has 4 nitrogen and oxygen atoms in total. The number of rotatable bonds is 25. The molecule has 28 heavy (non-hydrogen) atoms. The summed E-state index contributed by atoms with van der Waals surface area (Å²) in [4.78, 5) is 0. The van der Waals surface area contributed by atoms with Gasteiger partial charge in [-0.1, -0.05) is 84.0 Å². The fourth-order valence-electron chi connectivity index (χ4n) is 3.04. The molecule has 0 N–H and O–H groups in total. The van der Waals surface area contributed by atoms with Crippen LogP contribution in [0.15, 0.2) is 0 Å². The van der Waals surface area contributed by atoms with Gasteiger partial charge in [-0.15, -0.1) is 0 Å². The Kier molecular flexibility index (Phi) is 26.6. The van der Waals surface area contributed by atoms with Crippen LogP contribution in [0.1, 0.15) is 90.4 Å². The third-order valence-electron chi connectivity index (χ3n) is 4.73. The molecule has 0 atom stereocenters. The topological polar surface area (TPSA) is 36.9 Å². The first-order valence-electron chi connectivity index (χ1n) is 11.8. The minimum Gasteiger partial charge on any atom is -0.379 e. The highest BCUT2D eigenvalue weighted by Crippen LogP contribution is 2.12. The van der Waals surface area contributed by atoms with Crippen molar-refractivity contribution in [2.45, 2.75) is 90.4 Å². The van der Waals surface area contributed by atoms with Crippen LogP contribution in [0.5, 0.6) is 0 Å². The van der Waals surface area contributed by atoms with Gasteiger partial charge in [0.25, 0.3) is 0 Å². The second-order valence-corrected chi connectivity index (χ2v) is 7.38. The molecule has 0 aliphatic rings. The molecule has 0 radical (unpaired) electrons. The average molecular weight is 407 g/mol. The van der Waals surface area contributed by atoms with Crippen LogP contribution in [0.2, 0.25) is 0 Å². The van der Waals surface area contributed by atoms with E-state index in [9.17, 15) is 4.39 Å². The van der Waals surface area contributed by atoms with Gasteiger partial charge in [-0.2, -0.15) is 0 Å². The Morgan fingerprint density at radius 2 is 0.714 bits per heavy atom. The first-order valence-corrected chi connectivity index (χ1v) is 11.8. The molecule has 0 aliphatic heterocycles. The number of halogens is 1. The Morgan fingerprint density at radius 1 is 0.393 bits per heavy atom. The van der Waals surface area contributed by atoms with E-state index in [4.69, 9.17) is 18.9 Å². The normalized spacial score (nSPS) is 11.4. The molecule has 0 unspecified atom stereocenters. The van der Waals surface area contributed by atoms with Gasteiger partial charge < -0.3 is 18.9 Å². The van der Waals surface area contributed by atoms with E-state index in [0.29, 0.717) is 39.6 Å².